The Balaban J connectivity index is 1.35. The van der Waals surface area contributed by atoms with Crippen LogP contribution in [0.4, 0.5) is 11.4 Å². The van der Waals surface area contributed by atoms with E-state index in [1.165, 1.54) is 28.3 Å². The lowest BCUT2D eigenvalue weighted by molar-refractivity contribution is 0.666. The first-order valence-electron chi connectivity index (χ1n) is 18.0. The minimum absolute atomic E-state index is 0.132. The Morgan fingerprint density at radius 1 is 0.582 bits per heavy atom. The Kier molecular flexibility index (Phi) is 6.68. The molecule has 2 heterocycles. The van der Waals surface area contributed by atoms with Gasteiger partial charge in [0, 0.05) is 32.5 Å². The molecule has 0 spiro atoms. The predicted molar refractivity (Wildman–Crippen MR) is 220 cm³/mol. The summed E-state index contributed by atoms with van der Waals surface area (Å²) in [6.07, 6.45) is 0. The van der Waals surface area contributed by atoms with Crippen molar-refractivity contribution in [3.8, 4) is 45.8 Å². The summed E-state index contributed by atoms with van der Waals surface area (Å²) in [5.74, 6) is 0. The predicted octanol–water partition coefficient (Wildman–Crippen LogP) is 12.7. The van der Waals surface area contributed by atoms with Crippen molar-refractivity contribution in [2.75, 3.05) is 0 Å². The summed E-state index contributed by atoms with van der Waals surface area (Å²) in [7, 11) is 0. The van der Waals surface area contributed by atoms with Gasteiger partial charge in [0.25, 0.3) is 0 Å². The summed E-state index contributed by atoms with van der Waals surface area (Å²) >= 11 is 0. The molecule has 1 aliphatic carbocycles. The van der Waals surface area contributed by atoms with Crippen molar-refractivity contribution in [1.29, 1.82) is 10.5 Å². The van der Waals surface area contributed by atoms with Gasteiger partial charge in [0.15, 0.2) is 5.69 Å². The third kappa shape index (κ3) is 4.20. The first-order chi connectivity index (χ1) is 26.9. The maximum Gasteiger partial charge on any atom is 0.210 e. The topological polar surface area (TPSA) is 66.2 Å². The number of hydrogen-bond acceptors (Lipinski definition) is 2. The van der Waals surface area contributed by atoms with Crippen molar-refractivity contribution < 1.29 is 0 Å². The van der Waals surface area contributed by atoms with Gasteiger partial charge in [0.1, 0.15) is 6.07 Å². The van der Waals surface area contributed by atoms with Gasteiger partial charge in [0.2, 0.25) is 5.69 Å². The zero-order valence-electron chi connectivity index (χ0n) is 29.9. The zero-order valence-corrected chi connectivity index (χ0v) is 29.9. The molecule has 55 heavy (non-hydrogen) atoms. The van der Waals surface area contributed by atoms with E-state index in [-0.39, 0.29) is 22.2 Å². The van der Waals surface area contributed by atoms with E-state index in [0.29, 0.717) is 28.2 Å². The molecule has 7 aromatic carbocycles. The Hall–Kier alpha value is -7.90. The quantitative estimate of drug-likeness (QED) is 0.172. The second-order valence-corrected chi connectivity index (χ2v) is 14.5. The molecule has 0 saturated heterocycles. The van der Waals surface area contributed by atoms with E-state index < -0.39 is 0 Å². The van der Waals surface area contributed by atoms with Crippen molar-refractivity contribution >= 4 is 55.0 Å². The lowest BCUT2D eigenvalue weighted by Gasteiger charge is -2.23. The number of hydrogen-bond donors (Lipinski definition) is 0. The molecule has 9 aromatic rings. The molecule has 0 saturated carbocycles. The standard InChI is InChI=1S/C49H28N6/c1-49(2)37-17-9-5-13-31(37)34-22-24-43-46(47(34)49)35-16-8-12-20-42(35)55(43)48-36(28-51)30(27-50)25-39(53-4)45(48)29-21-23-38(52-3)44(26-29)54-40-18-10-6-14-32(40)33-15-7-11-19-41(33)54/h5-26H,1-2H3. The van der Waals surface area contributed by atoms with Crippen LogP contribution in [0.2, 0.25) is 0 Å². The molecule has 2 aromatic heterocycles. The van der Waals surface area contributed by atoms with E-state index in [1.807, 2.05) is 54.6 Å². The normalized spacial score (nSPS) is 12.6. The van der Waals surface area contributed by atoms with E-state index in [0.717, 1.165) is 43.6 Å². The second-order valence-electron chi connectivity index (χ2n) is 14.5. The first-order valence-corrected chi connectivity index (χ1v) is 18.0. The van der Waals surface area contributed by atoms with Crippen LogP contribution in [0, 0.1) is 35.8 Å². The molecule has 0 radical (unpaired) electrons. The second kappa shape index (κ2) is 11.6. The van der Waals surface area contributed by atoms with Gasteiger partial charge in [-0.3, -0.25) is 0 Å². The number of benzene rings is 7. The summed E-state index contributed by atoms with van der Waals surface area (Å²) in [5.41, 5.74) is 11.5. The molecular weight excluding hydrogens is 673 g/mol. The fourth-order valence-corrected chi connectivity index (χ4v) is 9.16. The largest absolute Gasteiger partial charge is 0.319 e. The van der Waals surface area contributed by atoms with Gasteiger partial charge in [0.05, 0.1) is 63.8 Å². The van der Waals surface area contributed by atoms with Crippen molar-refractivity contribution in [3.63, 3.8) is 0 Å². The molecule has 6 heteroatoms. The third-order valence-electron chi connectivity index (χ3n) is 11.4. The van der Waals surface area contributed by atoms with Gasteiger partial charge >= 0.3 is 0 Å². The van der Waals surface area contributed by atoms with E-state index in [2.05, 4.69) is 112 Å². The number of nitriles is 2. The maximum atomic E-state index is 11.0. The highest BCUT2D eigenvalue weighted by atomic mass is 15.0. The van der Waals surface area contributed by atoms with E-state index >= 15 is 0 Å². The minimum atomic E-state index is -0.315. The van der Waals surface area contributed by atoms with Crippen LogP contribution in [-0.4, -0.2) is 9.13 Å². The van der Waals surface area contributed by atoms with Gasteiger partial charge in [-0.05, 0) is 64.2 Å². The average Bonchev–Trinajstić information content (AvgIpc) is 3.82. The minimum Gasteiger partial charge on any atom is -0.319 e. The summed E-state index contributed by atoms with van der Waals surface area (Å²) in [4.78, 5) is 7.98. The van der Waals surface area contributed by atoms with Crippen LogP contribution in [0.5, 0.6) is 0 Å². The van der Waals surface area contributed by atoms with Gasteiger partial charge in [-0.1, -0.05) is 111 Å². The summed E-state index contributed by atoms with van der Waals surface area (Å²) in [5, 5.41) is 25.6. The molecule has 0 fully saturated rings. The molecule has 10 rings (SSSR count). The Morgan fingerprint density at radius 2 is 1.20 bits per heavy atom. The maximum absolute atomic E-state index is 11.0. The summed E-state index contributed by atoms with van der Waals surface area (Å²) in [6.45, 7) is 21.2. The van der Waals surface area contributed by atoms with Crippen LogP contribution in [-0.2, 0) is 5.41 Å². The van der Waals surface area contributed by atoms with Crippen LogP contribution in [0.3, 0.4) is 0 Å². The Bertz CT molecular complexity index is 3290. The Morgan fingerprint density at radius 3 is 1.85 bits per heavy atom. The van der Waals surface area contributed by atoms with E-state index in [1.54, 1.807) is 6.07 Å². The van der Waals surface area contributed by atoms with Crippen LogP contribution < -0.4 is 0 Å². The van der Waals surface area contributed by atoms with Crippen LogP contribution >= 0.6 is 0 Å². The molecular formula is C49H28N6. The average molecular weight is 701 g/mol. The van der Waals surface area contributed by atoms with Gasteiger partial charge in [-0.15, -0.1) is 0 Å². The van der Waals surface area contributed by atoms with Crippen LogP contribution in [0.25, 0.3) is 86.9 Å². The molecule has 0 aliphatic heterocycles. The van der Waals surface area contributed by atoms with Crippen molar-refractivity contribution in [2.45, 2.75) is 19.3 Å². The highest BCUT2D eigenvalue weighted by molar-refractivity contribution is 6.15. The summed E-state index contributed by atoms with van der Waals surface area (Å²) in [6, 6.07) is 49.1. The number of nitrogens with zero attached hydrogens (tertiary/aromatic N) is 6. The lowest BCUT2D eigenvalue weighted by Crippen LogP contribution is -2.15. The molecule has 0 bridgehead atoms. The molecule has 1 aliphatic rings. The van der Waals surface area contributed by atoms with Gasteiger partial charge in [-0.25, -0.2) is 9.69 Å². The molecule has 254 valence electrons. The number of fused-ring (bicyclic) bond motifs is 10. The van der Waals surface area contributed by atoms with Gasteiger partial charge in [-0.2, -0.15) is 10.5 Å². The molecule has 6 nitrogen and oxygen atoms in total. The lowest BCUT2D eigenvalue weighted by atomic mass is 9.80. The van der Waals surface area contributed by atoms with Crippen molar-refractivity contribution in [1.82, 2.24) is 9.13 Å². The number of aromatic nitrogens is 2. The van der Waals surface area contributed by atoms with Crippen LogP contribution in [0.15, 0.2) is 133 Å². The Labute approximate surface area is 317 Å². The highest BCUT2D eigenvalue weighted by Crippen LogP contribution is 2.54. The van der Waals surface area contributed by atoms with Gasteiger partial charge < -0.3 is 9.13 Å². The smallest absolute Gasteiger partial charge is 0.210 e. The fourth-order valence-electron chi connectivity index (χ4n) is 9.16. The van der Waals surface area contributed by atoms with Crippen molar-refractivity contribution in [2.24, 2.45) is 0 Å². The van der Waals surface area contributed by atoms with Crippen molar-refractivity contribution in [3.05, 3.63) is 179 Å². The van der Waals surface area contributed by atoms with Crippen LogP contribution in [0.1, 0.15) is 36.1 Å². The number of rotatable bonds is 3. The molecule has 0 N–H and O–H groups in total. The first kappa shape index (κ1) is 31.8. The number of para-hydroxylation sites is 3. The molecule has 0 amide bonds. The zero-order chi connectivity index (χ0) is 37.6. The molecule has 0 unspecified atom stereocenters. The monoisotopic (exact) mass is 700 g/mol. The van der Waals surface area contributed by atoms with E-state index in [4.69, 9.17) is 13.1 Å². The van der Waals surface area contributed by atoms with E-state index in [9.17, 15) is 10.5 Å². The summed E-state index contributed by atoms with van der Waals surface area (Å²) < 4.78 is 4.19. The molecule has 0 atom stereocenters. The SMILES string of the molecule is [C-]#[N+]c1ccc(-c2c([N+]#[C-])cc(C#N)c(C#N)c2-n2c3ccccc3c3c4c(ccc32)-c2ccccc2C4(C)C)cc1-n1c2ccccc2c2ccccc21. The fraction of sp³-hybridized carbons (Fsp3) is 0.0612. The highest BCUT2D eigenvalue weighted by Gasteiger charge is 2.38. The third-order valence-corrected chi connectivity index (χ3v) is 11.4.